The zero-order valence-electron chi connectivity index (χ0n) is 11.5. The van der Waals surface area contributed by atoms with Gasteiger partial charge in [0.15, 0.2) is 0 Å². The number of aromatic nitrogens is 1. The molecule has 1 aliphatic carbocycles. The molecule has 0 saturated carbocycles. The van der Waals surface area contributed by atoms with Gasteiger partial charge in [0.1, 0.15) is 0 Å². The number of rotatable bonds is 7. The van der Waals surface area contributed by atoms with E-state index in [9.17, 15) is 0 Å². The summed E-state index contributed by atoms with van der Waals surface area (Å²) in [5.74, 6) is 0.512. The summed E-state index contributed by atoms with van der Waals surface area (Å²) in [5, 5.41) is 3.56. The number of pyridine rings is 1. The molecule has 0 saturated heterocycles. The number of ether oxygens (including phenoxy) is 1. The molecule has 2 atom stereocenters. The van der Waals surface area contributed by atoms with Gasteiger partial charge in [0.25, 0.3) is 0 Å². The van der Waals surface area contributed by atoms with Crippen LogP contribution in [0.15, 0.2) is 18.3 Å². The minimum atomic E-state index is 0.401. The maximum absolute atomic E-state index is 5.73. The molecule has 0 aromatic carbocycles. The van der Waals surface area contributed by atoms with Gasteiger partial charge in [0.05, 0.1) is 6.61 Å². The summed E-state index contributed by atoms with van der Waals surface area (Å²) in [7, 11) is 0. The minimum Gasteiger partial charge on any atom is -0.380 e. The molecule has 3 nitrogen and oxygen atoms in total. The molecular formula is C15H24N2O. The van der Waals surface area contributed by atoms with Crippen LogP contribution in [0.3, 0.4) is 0 Å². The molecule has 0 aliphatic heterocycles. The van der Waals surface area contributed by atoms with Crippen molar-refractivity contribution in [1.29, 1.82) is 0 Å². The highest BCUT2D eigenvalue weighted by molar-refractivity contribution is 5.30. The molecule has 1 N–H and O–H groups in total. The number of likely N-dealkylation sites (N-methyl/N-ethyl adjacent to an activating group) is 1. The van der Waals surface area contributed by atoms with Crippen LogP contribution < -0.4 is 5.32 Å². The quantitative estimate of drug-likeness (QED) is 0.753. The monoisotopic (exact) mass is 248 g/mol. The molecule has 0 radical (unpaired) electrons. The Morgan fingerprint density at radius 3 is 3.17 bits per heavy atom. The van der Waals surface area contributed by atoms with Gasteiger partial charge in [-0.2, -0.15) is 0 Å². The summed E-state index contributed by atoms with van der Waals surface area (Å²) < 4.78 is 5.73. The normalized spacial score (nSPS) is 19.8. The standard InChI is InChI=1S/C15H24N2O/c1-3-10-18-11-14(16-4-2)13-8-7-12-6-5-9-17-15(12)13/h5-6,9,13-14,16H,3-4,7-8,10-11H2,1-2H3. The van der Waals surface area contributed by atoms with Crippen LogP contribution in [0.2, 0.25) is 0 Å². The summed E-state index contributed by atoms with van der Waals surface area (Å²) in [6.45, 7) is 6.93. The van der Waals surface area contributed by atoms with E-state index < -0.39 is 0 Å². The third kappa shape index (κ3) is 3.09. The summed E-state index contributed by atoms with van der Waals surface area (Å²) >= 11 is 0. The lowest BCUT2D eigenvalue weighted by Crippen LogP contribution is -2.38. The molecule has 0 amide bonds. The molecule has 0 fully saturated rings. The van der Waals surface area contributed by atoms with Crippen molar-refractivity contribution in [3.63, 3.8) is 0 Å². The summed E-state index contributed by atoms with van der Waals surface area (Å²) in [6.07, 6.45) is 5.34. The topological polar surface area (TPSA) is 34.1 Å². The highest BCUT2D eigenvalue weighted by Gasteiger charge is 2.30. The minimum absolute atomic E-state index is 0.401. The van der Waals surface area contributed by atoms with Gasteiger partial charge in [0, 0.05) is 30.5 Å². The predicted octanol–water partition coefficient (Wildman–Crippen LogP) is 2.52. The Labute approximate surface area is 110 Å². The van der Waals surface area contributed by atoms with Crippen LogP contribution >= 0.6 is 0 Å². The summed E-state index contributed by atoms with van der Waals surface area (Å²) in [6, 6.07) is 4.65. The lowest BCUT2D eigenvalue weighted by Gasteiger charge is -2.24. The first-order chi connectivity index (χ1) is 8.86. The van der Waals surface area contributed by atoms with Gasteiger partial charge in [-0.15, -0.1) is 0 Å². The van der Waals surface area contributed by atoms with Crippen LogP contribution in [0.5, 0.6) is 0 Å². The van der Waals surface area contributed by atoms with Gasteiger partial charge < -0.3 is 10.1 Å². The van der Waals surface area contributed by atoms with Gasteiger partial charge in [-0.1, -0.05) is 19.9 Å². The van der Waals surface area contributed by atoms with Gasteiger partial charge in [-0.05, 0) is 37.4 Å². The zero-order chi connectivity index (χ0) is 12.8. The Morgan fingerprint density at radius 1 is 1.50 bits per heavy atom. The molecular weight excluding hydrogens is 224 g/mol. The molecule has 100 valence electrons. The van der Waals surface area contributed by atoms with Crippen molar-refractivity contribution in [2.24, 2.45) is 0 Å². The van der Waals surface area contributed by atoms with E-state index in [4.69, 9.17) is 4.74 Å². The van der Waals surface area contributed by atoms with Gasteiger partial charge in [-0.3, -0.25) is 4.98 Å². The van der Waals surface area contributed by atoms with E-state index >= 15 is 0 Å². The number of hydrogen-bond donors (Lipinski definition) is 1. The Hall–Kier alpha value is -0.930. The number of hydrogen-bond acceptors (Lipinski definition) is 3. The molecule has 2 rings (SSSR count). The second-order valence-corrected chi connectivity index (χ2v) is 4.93. The maximum Gasteiger partial charge on any atom is 0.0626 e. The fourth-order valence-electron chi connectivity index (χ4n) is 2.77. The van der Waals surface area contributed by atoms with E-state index in [1.165, 1.54) is 17.7 Å². The average Bonchev–Trinajstić information content (AvgIpc) is 2.82. The van der Waals surface area contributed by atoms with Gasteiger partial charge >= 0.3 is 0 Å². The molecule has 1 heterocycles. The zero-order valence-corrected chi connectivity index (χ0v) is 11.5. The number of aryl methyl sites for hydroxylation is 1. The SMILES string of the molecule is CCCOCC(NCC)C1CCc2cccnc21. The van der Waals surface area contributed by atoms with Crippen LogP contribution in [0.4, 0.5) is 0 Å². The van der Waals surface area contributed by atoms with E-state index in [1.807, 2.05) is 12.3 Å². The number of nitrogens with one attached hydrogen (secondary N) is 1. The maximum atomic E-state index is 5.73. The Balaban J connectivity index is 2.03. The van der Waals surface area contributed by atoms with Crippen LogP contribution in [0.1, 0.15) is 43.9 Å². The summed E-state index contributed by atoms with van der Waals surface area (Å²) in [4.78, 5) is 4.58. The molecule has 1 aromatic heterocycles. The summed E-state index contributed by atoms with van der Waals surface area (Å²) in [5.41, 5.74) is 2.70. The molecule has 3 heteroatoms. The smallest absolute Gasteiger partial charge is 0.0626 e. The Morgan fingerprint density at radius 2 is 2.39 bits per heavy atom. The average molecular weight is 248 g/mol. The third-order valence-electron chi connectivity index (χ3n) is 3.60. The Kier molecular flexibility index (Phi) is 5.14. The lowest BCUT2D eigenvalue weighted by molar-refractivity contribution is 0.104. The van der Waals surface area contributed by atoms with Crippen molar-refractivity contribution in [2.75, 3.05) is 19.8 Å². The van der Waals surface area contributed by atoms with Crippen LogP contribution in [-0.4, -0.2) is 30.8 Å². The fourth-order valence-corrected chi connectivity index (χ4v) is 2.77. The molecule has 0 bridgehead atoms. The van der Waals surface area contributed by atoms with E-state index in [0.29, 0.717) is 12.0 Å². The van der Waals surface area contributed by atoms with Crippen molar-refractivity contribution in [3.8, 4) is 0 Å². The number of nitrogens with zero attached hydrogens (tertiary/aromatic N) is 1. The first-order valence-electron chi connectivity index (χ1n) is 7.11. The molecule has 18 heavy (non-hydrogen) atoms. The van der Waals surface area contributed by atoms with Gasteiger partial charge in [-0.25, -0.2) is 0 Å². The first-order valence-corrected chi connectivity index (χ1v) is 7.11. The number of fused-ring (bicyclic) bond motifs is 1. The molecule has 1 aliphatic rings. The second kappa shape index (κ2) is 6.86. The largest absolute Gasteiger partial charge is 0.380 e. The van der Waals surface area contributed by atoms with Crippen molar-refractivity contribution in [1.82, 2.24) is 10.3 Å². The Bertz CT molecular complexity index is 367. The first kappa shape index (κ1) is 13.5. The van der Waals surface area contributed by atoms with Crippen molar-refractivity contribution in [3.05, 3.63) is 29.6 Å². The highest BCUT2D eigenvalue weighted by atomic mass is 16.5. The lowest BCUT2D eigenvalue weighted by atomic mass is 9.97. The molecule has 0 spiro atoms. The van der Waals surface area contributed by atoms with E-state index in [0.717, 1.165) is 32.6 Å². The van der Waals surface area contributed by atoms with E-state index in [1.54, 1.807) is 0 Å². The van der Waals surface area contributed by atoms with E-state index in [-0.39, 0.29) is 0 Å². The highest BCUT2D eigenvalue weighted by Crippen LogP contribution is 2.33. The van der Waals surface area contributed by atoms with Gasteiger partial charge in [0.2, 0.25) is 0 Å². The predicted molar refractivity (Wildman–Crippen MR) is 73.9 cm³/mol. The van der Waals surface area contributed by atoms with Crippen molar-refractivity contribution < 1.29 is 4.74 Å². The van der Waals surface area contributed by atoms with Crippen molar-refractivity contribution >= 4 is 0 Å². The van der Waals surface area contributed by atoms with Crippen LogP contribution in [0.25, 0.3) is 0 Å². The van der Waals surface area contributed by atoms with Crippen LogP contribution in [-0.2, 0) is 11.2 Å². The molecule has 2 unspecified atom stereocenters. The fraction of sp³-hybridized carbons (Fsp3) is 0.667. The van der Waals surface area contributed by atoms with Crippen molar-refractivity contribution in [2.45, 2.75) is 45.1 Å². The third-order valence-corrected chi connectivity index (χ3v) is 3.60. The second-order valence-electron chi connectivity index (χ2n) is 4.93. The van der Waals surface area contributed by atoms with E-state index in [2.05, 4.69) is 30.2 Å². The molecule has 1 aromatic rings. The van der Waals surface area contributed by atoms with Crippen LogP contribution in [0, 0.1) is 0 Å².